The van der Waals surface area contributed by atoms with Crippen molar-refractivity contribution in [2.24, 2.45) is 0 Å². The molecule has 234 valence electrons. The molecule has 0 bridgehead atoms. The van der Waals surface area contributed by atoms with Crippen LogP contribution in [0.5, 0.6) is 11.5 Å². The first kappa shape index (κ1) is 29.1. The van der Waals surface area contributed by atoms with Gasteiger partial charge in [-0.05, 0) is 140 Å². The predicted octanol–water partition coefficient (Wildman–Crippen LogP) is 11.7. The van der Waals surface area contributed by atoms with E-state index >= 15 is 0 Å². The number of phenols is 2. The number of rotatable bonds is 4. The second-order valence-corrected chi connectivity index (χ2v) is 13.5. The third-order valence-electron chi connectivity index (χ3n) is 10.4. The summed E-state index contributed by atoms with van der Waals surface area (Å²) in [6, 6.07) is 55.9. The number of hydrogen-bond donors (Lipinski definition) is 2. The number of fused-ring (bicyclic) bond motifs is 5. The fourth-order valence-corrected chi connectivity index (χ4v) is 8.05. The molecule has 0 saturated carbocycles. The van der Waals surface area contributed by atoms with E-state index in [0.717, 1.165) is 32.7 Å². The first-order valence-electron chi connectivity index (χ1n) is 16.8. The van der Waals surface area contributed by atoms with Crippen molar-refractivity contribution in [2.45, 2.75) is 19.3 Å². The van der Waals surface area contributed by atoms with Crippen LogP contribution in [0.4, 0.5) is 0 Å². The molecule has 0 aromatic heterocycles. The van der Waals surface area contributed by atoms with Crippen molar-refractivity contribution < 1.29 is 10.2 Å². The average molecular weight is 631 g/mol. The number of phenolic OH excluding ortho intramolecular Hbond substituents is 2. The quantitative estimate of drug-likeness (QED) is 0.203. The number of aryl methyl sites for hydroxylation is 2. The molecule has 0 radical (unpaired) electrons. The Bertz CT molecular complexity index is 2430. The Morgan fingerprint density at radius 1 is 0.367 bits per heavy atom. The SMILES string of the molecule is Cc1cccc(-c2ccc3c(c2)C(c2ccc4cc(O)ccc4c2)(c2ccc4cc(O)ccc4c2)c2cc(-c4cccc(C)c4)ccc2-3)c1. The van der Waals surface area contributed by atoms with Gasteiger partial charge in [0.1, 0.15) is 11.5 Å². The van der Waals surface area contributed by atoms with E-state index in [2.05, 4.69) is 135 Å². The van der Waals surface area contributed by atoms with Crippen LogP contribution in [0.15, 0.2) is 158 Å². The molecule has 0 saturated heterocycles. The lowest BCUT2D eigenvalue weighted by atomic mass is 9.66. The van der Waals surface area contributed by atoms with E-state index in [1.165, 1.54) is 55.6 Å². The molecule has 0 atom stereocenters. The maximum absolute atomic E-state index is 10.3. The fraction of sp³-hybridized carbons (Fsp3) is 0.0638. The molecule has 0 aliphatic heterocycles. The van der Waals surface area contributed by atoms with Crippen molar-refractivity contribution in [3.63, 3.8) is 0 Å². The molecule has 2 N–H and O–H groups in total. The van der Waals surface area contributed by atoms with Crippen molar-refractivity contribution in [3.8, 4) is 44.9 Å². The number of hydrogen-bond acceptors (Lipinski definition) is 2. The van der Waals surface area contributed by atoms with Gasteiger partial charge < -0.3 is 10.2 Å². The van der Waals surface area contributed by atoms with Crippen molar-refractivity contribution in [3.05, 3.63) is 191 Å². The van der Waals surface area contributed by atoms with Crippen LogP contribution in [0.1, 0.15) is 33.4 Å². The van der Waals surface area contributed by atoms with Gasteiger partial charge in [-0.25, -0.2) is 0 Å². The van der Waals surface area contributed by atoms with Crippen LogP contribution in [-0.4, -0.2) is 10.2 Å². The molecule has 0 unspecified atom stereocenters. The van der Waals surface area contributed by atoms with E-state index in [-0.39, 0.29) is 11.5 Å². The van der Waals surface area contributed by atoms with Gasteiger partial charge in [0.2, 0.25) is 0 Å². The van der Waals surface area contributed by atoms with Crippen LogP contribution < -0.4 is 0 Å². The topological polar surface area (TPSA) is 40.5 Å². The second kappa shape index (κ2) is 11.0. The van der Waals surface area contributed by atoms with Crippen LogP contribution in [-0.2, 0) is 5.41 Å². The lowest BCUT2D eigenvalue weighted by Gasteiger charge is -2.35. The summed E-state index contributed by atoms with van der Waals surface area (Å²) in [6.07, 6.45) is 0. The molecule has 0 spiro atoms. The van der Waals surface area contributed by atoms with E-state index in [9.17, 15) is 10.2 Å². The highest BCUT2D eigenvalue weighted by Gasteiger charge is 2.46. The van der Waals surface area contributed by atoms with Crippen LogP contribution in [0, 0.1) is 13.8 Å². The van der Waals surface area contributed by atoms with E-state index in [1.54, 1.807) is 12.1 Å². The summed E-state index contributed by atoms with van der Waals surface area (Å²) in [4.78, 5) is 0. The minimum absolute atomic E-state index is 0.259. The molecule has 0 heterocycles. The van der Waals surface area contributed by atoms with Gasteiger partial charge in [-0.15, -0.1) is 0 Å². The predicted molar refractivity (Wildman–Crippen MR) is 202 cm³/mol. The fourth-order valence-electron chi connectivity index (χ4n) is 8.05. The molecule has 8 aromatic carbocycles. The third-order valence-corrected chi connectivity index (χ3v) is 10.4. The van der Waals surface area contributed by atoms with Gasteiger partial charge in [-0.2, -0.15) is 0 Å². The van der Waals surface area contributed by atoms with Gasteiger partial charge in [-0.3, -0.25) is 0 Å². The van der Waals surface area contributed by atoms with Gasteiger partial charge >= 0.3 is 0 Å². The van der Waals surface area contributed by atoms with Gasteiger partial charge in [0, 0.05) is 0 Å². The summed E-state index contributed by atoms with van der Waals surface area (Å²) >= 11 is 0. The maximum atomic E-state index is 10.3. The first-order chi connectivity index (χ1) is 23.9. The normalized spacial score (nSPS) is 13.0. The summed E-state index contributed by atoms with van der Waals surface area (Å²) in [5.74, 6) is 0.518. The van der Waals surface area contributed by atoms with Gasteiger partial charge in [0.05, 0.1) is 5.41 Å². The molecule has 2 heteroatoms. The summed E-state index contributed by atoms with van der Waals surface area (Å²) in [7, 11) is 0. The van der Waals surface area contributed by atoms with E-state index < -0.39 is 5.41 Å². The monoisotopic (exact) mass is 630 g/mol. The van der Waals surface area contributed by atoms with Gasteiger partial charge in [-0.1, -0.05) is 120 Å². The Labute approximate surface area is 286 Å². The summed E-state index contributed by atoms with van der Waals surface area (Å²) in [5.41, 5.74) is 13.8. The van der Waals surface area contributed by atoms with E-state index in [4.69, 9.17) is 0 Å². The third kappa shape index (κ3) is 4.63. The minimum atomic E-state index is -0.664. The number of benzene rings is 8. The Hall–Kier alpha value is -6.12. The smallest absolute Gasteiger partial charge is 0.116 e. The molecule has 9 rings (SSSR count). The van der Waals surface area contributed by atoms with Gasteiger partial charge in [0.15, 0.2) is 0 Å². The highest BCUT2D eigenvalue weighted by atomic mass is 16.3. The van der Waals surface area contributed by atoms with E-state index in [0.29, 0.717) is 0 Å². The molecular formula is C47H34O2. The largest absolute Gasteiger partial charge is 0.508 e. The summed E-state index contributed by atoms with van der Waals surface area (Å²) in [5, 5.41) is 24.8. The zero-order valence-corrected chi connectivity index (χ0v) is 27.4. The molecule has 1 aliphatic rings. The van der Waals surface area contributed by atoms with Crippen molar-refractivity contribution in [1.82, 2.24) is 0 Å². The highest BCUT2D eigenvalue weighted by Crippen LogP contribution is 2.58. The van der Waals surface area contributed by atoms with Crippen molar-refractivity contribution >= 4 is 21.5 Å². The second-order valence-electron chi connectivity index (χ2n) is 13.5. The Morgan fingerprint density at radius 2 is 0.776 bits per heavy atom. The Balaban J connectivity index is 1.42. The summed E-state index contributed by atoms with van der Waals surface area (Å²) < 4.78 is 0. The Kier molecular flexibility index (Phi) is 6.50. The molecule has 0 fully saturated rings. The molecule has 2 nitrogen and oxygen atoms in total. The zero-order chi connectivity index (χ0) is 33.3. The minimum Gasteiger partial charge on any atom is -0.508 e. The first-order valence-corrected chi connectivity index (χ1v) is 16.8. The van der Waals surface area contributed by atoms with Gasteiger partial charge in [0.25, 0.3) is 0 Å². The Morgan fingerprint density at radius 3 is 1.22 bits per heavy atom. The van der Waals surface area contributed by atoms with Crippen molar-refractivity contribution in [2.75, 3.05) is 0 Å². The highest BCUT2D eigenvalue weighted by molar-refractivity contribution is 5.94. The molecular weight excluding hydrogens is 597 g/mol. The standard InChI is InChI=1S/C47H34O2/c1-29-5-3-7-31(21-29)37-13-19-43-44-20-14-38(32-8-4-6-30(2)22-32)28-46(44)47(45(43)27-37,39-15-9-35-25-41(48)17-11-33(35)23-39)40-16-10-36-26-42(49)18-12-34(36)24-40/h3-28,48-49H,1-2H3. The summed E-state index contributed by atoms with van der Waals surface area (Å²) in [6.45, 7) is 4.28. The molecule has 1 aliphatic carbocycles. The lowest BCUT2D eigenvalue weighted by molar-refractivity contribution is 0.475. The average Bonchev–Trinajstić information content (AvgIpc) is 3.41. The molecule has 8 aromatic rings. The van der Waals surface area contributed by atoms with Crippen LogP contribution in [0.25, 0.3) is 54.9 Å². The van der Waals surface area contributed by atoms with Crippen LogP contribution in [0.3, 0.4) is 0 Å². The van der Waals surface area contributed by atoms with Crippen molar-refractivity contribution in [1.29, 1.82) is 0 Å². The van der Waals surface area contributed by atoms with E-state index in [1.807, 2.05) is 24.3 Å². The lowest BCUT2D eigenvalue weighted by Crippen LogP contribution is -2.28. The number of aromatic hydroxyl groups is 2. The maximum Gasteiger partial charge on any atom is 0.116 e. The zero-order valence-electron chi connectivity index (χ0n) is 27.4. The molecule has 0 amide bonds. The van der Waals surface area contributed by atoms with Crippen LogP contribution >= 0.6 is 0 Å². The molecule has 49 heavy (non-hydrogen) atoms. The van der Waals surface area contributed by atoms with Crippen LogP contribution in [0.2, 0.25) is 0 Å².